The zero-order chi connectivity index (χ0) is 10.2. The van der Waals surface area contributed by atoms with Gasteiger partial charge in [-0.3, -0.25) is 18.8 Å². The van der Waals surface area contributed by atoms with Gasteiger partial charge >= 0.3 is 0 Å². The summed E-state index contributed by atoms with van der Waals surface area (Å²) in [7, 11) is 0. The number of nitrogens with two attached hydrogens (primary N) is 6. The van der Waals surface area contributed by atoms with Gasteiger partial charge in [0, 0.05) is 39.3 Å². The fraction of sp³-hybridized carbons (Fsp3) is 1.00. The Bertz CT molecular complexity index is 40.5. The molecule has 6 nitrogen and oxygen atoms in total. The maximum absolute atomic E-state index is 4.90. The lowest BCUT2D eigenvalue weighted by molar-refractivity contribution is 0.976. The molecule has 0 saturated carbocycles. The predicted molar refractivity (Wildman–Crippen MR) is 64.3 cm³/mol. The van der Waals surface area contributed by atoms with Crippen LogP contribution in [0.1, 0.15) is 0 Å². The largest absolute Gasteiger partial charge is 0.329 e. The van der Waals surface area contributed by atoms with Crippen LogP contribution in [0.4, 0.5) is 18.8 Å². The number of halogens is 4. The first-order chi connectivity index (χ1) is 5.74. The van der Waals surface area contributed by atoms with Gasteiger partial charge in [0.25, 0.3) is 0 Å². The molecule has 10 heteroatoms. The van der Waals surface area contributed by atoms with Crippen molar-refractivity contribution in [1.29, 1.82) is 0 Å². The van der Waals surface area contributed by atoms with Gasteiger partial charge in [-0.1, -0.05) is 0 Å². The van der Waals surface area contributed by atoms with Gasteiger partial charge in [-0.25, -0.2) is 0 Å². The fourth-order valence-corrected chi connectivity index (χ4v) is 0. The van der Waals surface area contributed by atoms with Crippen LogP contribution < -0.4 is 34.4 Å². The van der Waals surface area contributed by atoms with Crippen molar-refractivity contribution < 1.29 is 18.8 Å². The molecule has 0 saturated heterocycles. The molecule has 0 amide bonds. The maximum Gasteiger partial charge on any atom is 0.00461 e. The molecular formula is C6H28F4N6. The lowest BCUT2D eigenvalue weighted by atomic mass is 10.7. The Morgan fingerprint density at radius 1 is 0.312 bits per heavy atom. The van der Waals surface area contributed by atoms with Crippen molar-refractivity contribution in [3.05, 3.63) is 0 Å². The third kappa shape index (κ3) is 341. The topological polar surface area (TPSA) is 156 Å². The second kappa shape index (κ2) is 87.6. The summed E-state index contributed by atoms with van der Waals surface area (Å²) in [5.74, 6) is 0. The highest BCUT2D eigenvalue weighted by molar-refractivity contribution is 4.26. The molecule has 0 fully saturated rings. The Morgan fingerprint density at radius 2 is 0.375 bits per heavy atom. The molecule has 0 rings (SSSR count). The summed E-state index contributed by atoms with van der Waals surface area (Å²) >= 11 is 0. The van der Waals surface area contributed by atoms with Crippen molar-refractivity contribution >= 4 is 0 Å². The van der Waals surface area contributed by atoms with Crippen LogP contribution in [0.3, 0.4) is 0 Å². The first kappa shape index (κ1) is 45.1. The van der Waals surface area contributed by atoms with Crippen LogP contribution in [0.25, 0.3) is 0 Å². The summed E-state index contributed by atoms with van der Waals surface area (Å²) in [5, 5.41) is 0. The second-order valence-corrected chi connectivity index (χ2v) is 1.73. The van der Waals surface area contributed by atoms with E-state index in [0.29, 0.717) is 39.3 Å². The molecule has 12 N–H and O–H groups in total. The molecule has 0 bridgehead atoms. The highest BCUT2D eigenvalue weighted by atomic mass is 19.0. The van der Waals surface area contributed by atoms with Gasteiger partial charge in [-0.05, 0) is 0 Å². The monoisotopic (exact) mass is 260 g/mol. The van der Waals surface area contributed by atoms with E-state index in [1.807, 2.05) is 0 Å². The van der Waals surface area contributed by atoms with E-state index in [2.05, 4.69) is 0 Å². The van der Waals surface area contributed by atoms with Crippen LogP contribution in [-0.4, -0.2) is 39.3 Å². The average molecular weight is 260 g/mol. The summed E-state index contributed by atoms with van der Waals surface area (Å²) in [4.78, 5) is 0. The third-order valence-corrected chi connectivity index (χ3v) is 0.500. The van der Waals surface area contributed by atoms with E-state index in [9.17, 15) is 0 Å². The molecular weight excluding hydrogens is 232 g/mol. The minimum atomic E-state index is 0. The van der Waals surface area contributed by atoms with Crippen molar-refractivity contribution in [1.82, 2.24) is 0 Å². The van der Waals surface area contributed by atoms with Crippen molar-refractivity contribution in [2.75, 3.05) is 39.3 Å². The molecule has 0 unspecified atom stereocenters. The lowest BCUT2D eigenvalue weighted by Crippen LogP contribution is -2.11. The SMILES string of the molecule is F.F.F.F.NCCN.NCCN.NCCN. The summed E-state index contributed by atoms with van der Waals surface area (Å²) < 4.78 is 0. The zero-order valence-corrected chi connectivity index (χ0v) is 9.34. The molecule has 0 aliphatic carbocycles. The first-order valence-electron chi connectivity index (χ1n) is 3.95. The second-order valence-electron chi connectivity index (χ2n) is 1.73. The summed E-state index contributed by atoms with van der Waals surface area (Å²) in [6.07, 6.45) is 0. The number of hydrogen-bond acceptors (Lipinski definition) is 6. The third-order valence-electron chi connectivity index (χ3n) is 0.500. The van der Waals surface area contributed by atoms with Gasteiger partial charge in [0.2, 0.25) is 0 Å². The fourth-order valence-electron chi connectivity index (χ4n) is 0. The van der Waals surface area contributed by atoms with Crippen LogP contribution in [0.2, 0.25) is 0 Å². The molecule has 0 spiro atoms. The molecule has 0 aromatic rings. The molecule has 0 aliphatic heterocycles. The highest BCUT2D eigenvalue weighted by Crippen LogP contribution is 1.25. The highest BCUT2D eigenvalue weighted by Gasteiger charge is 1.55. The maximum atomic E-state index is 4.90. The smallest absolute Gasteiger partial charge is 0.00461 e. The van der Waals surface area contributed by atoms with Crippen molar-refractivity contribution in [3.8, 4) is 0 Å². The van der Waals surface area contributed by atoms with Crippen molar-refractivity contribution in [2.24, 2.45) is 34.4 Å². The van der Waals surface area contributed by atoms with Gasteiger partial charge in [0.05, 0.1) is 0 Å². The van der Waals surface area contributed by atoms with Gasteiger partial charge in [0.1, 0.15) is 0 Å². The molecule has 110 valence electrons. The molecule has 16 heavy (non-hydrogen) atoms. The van der Waals surface area contributed by atoms with Crippen LogP contribution in [0.15, 0.2) is 0 Å². The van der Waals surface area contributed by atoms with Gasteiger partial charge in [-0.15, -0.1) is 0 Å². The quantitative estimate of drug-likeness (QED) is 0.304. The number of hydrogen-bond donors (Lipinski definition) is 6. The normalized spacial score (nSPS) is 5.62. The van der Waals surface area contributed by atoms with E-state index in [-0.39, 0.29) is 18.8 Å². The molecule has 0 aromatic heterocycles. The van der Waals surface area contributed by atoms with E-state index >= 15 is 0 Å². The Kier molecular flexibility index (Phi) is 247. The predicted octanol–water partition coefficient (Wildman–Crippen LogP) is -2.68. The molecule has 0 radical (unpaired) electrons. The van der Waals surface area contributed by atoms with Crippen LogP contribution >= 0.6 is 0 Å². The van der Waals surface area contributed by atoms with Crippen LogP contribution in [0.5, 0.6) is 0 Å². The number of rotatable bonds is 3. The standard InChI is InChI=1S/3C2H8N2.4FH/c3*3-1-2-4;;;;/h3*1-4H2;4*1H. The van der Waals surface area contributed by atoms with Crippen LogP contribution in [-0.2, 0) is 0 Å². The molecule has 0 aromatic carbocycles. The molecule has 0 heterocycles. The first-order valence-corrected chi connectivity index (χ1v) is 3.95. The Hall–Kier alpha value is -0.520. The van der Waals surface area contributed by atoms with Gasteiger partial charge < -0.3 is 34.4 Å². The van der Waals surface area contributed by atoms with Gasteiger partial charge in [0.15, 0.2) is 0 Å². The molecule has 0 aliphatic rings. The minimum Gasteiger partial charge on any atom is -0.329 e. The average Bonchev–Trinajstić information content (AvgIpc) is 2.18. The van der Waals surface area contributed by atoms with E-state index < -0.39 is 0 Å². The summed E-state index contributed by atoms with van der Waals surface area (Å²) in [5.41, 5.74) is 29.4. The Balaban J connectivity index is -0.0000000135. The van der Waals surface area contributed by atoms with Crippen molar-refractivity contribution in [2.45, 2.75) is 0 Å². The van der Waals surface area contributed by atoms with E-state index in [0.717, 1.165) is 0 Å². The summed E-state index contributed by atoms with van der Waals surface area (Å²) in [6.45, 7) is 3.58. The Labute approximate surface area is 93.5 Å². The van der Waals surface area contributed by atoms with E-state index in [1.54, 1.807) is 0 Å². The van der Waals surface area contributed by atoms with Crippen LogP contribution in [0, 0.1) is 0 Å². The van der Waals surface area contributed by atoms with Gasteiger partial charge in [-0.2, -0.15) is 0 Å². The minimum absolute atomic E-state index is 0. The van der Waals surface area contributed by atoms with E-state index in [4.69, 9.17) is 34.4 Å². The zero-order valence-electron chi connectivity index (χ0n) is 9.34. The molecule has 0 atom stereocenters. The summed E-state index contributed by atoms with van der Waals surface area (Å²) in [6, 6.07) is 0. The van der Waals surface area contributed by atoms with E-state index in [1.165, 1.54) is 0 Å². The Morgan fingerprint density at radius 3 is 0.375 bits per heavy atom. The van der Waals surface area contributed by atoms with Crippen molar-refractivity contribution in [3.63, 3.8) is 0 Å². The lowest BCUT2D eigenvalue weighted by Gasteiger charge is -1.72.